The second-order valence-electron chi connectivity index (χ2n) is 5.65. The zero-order valence-corrected chi connectivity index (χ0v) is 13.0. The van der Waals surface area contributed by atoms with Crippen molar-refractivity contribution in [2.75, 3.05) is 30.5 Å². The molecule has 0 saturated heterocycles. The van der Waals surface area contributed by atoms with Gasteiger partial charge in [0.25, 0.3) is 0 Å². The summed E-state index contributed by atoms with van der Waals surface area (Å²) in [5.41, 5.74) is 0.732. The first kappa shape index (κ1) is 14.1. The zero-order chi connectivity index (χ0) is 14.0. The molecule has 5 nitrogen and oxygen atoms in total. The van der Waals surface area contributed by atoms with Crippen molar-refractivity contribution >= 4 is 23.2 Å². The molecule has 0 aliphatic carbocycles. The summed E-state index contributed by atoms with van der Waals surface area (Å²) >= 11 is 1.84. The molecule has 2 aromatic rings. The van der Waals surface area contributed by atoms with Crippen molar-refractivity contribution in [1.82, 2.24) is 19.8 Å². The molecule has 0 N–H and O–H groups in total. The second kappa shape index (κ2) is 5.36. The SMILES string of the molecule is CSCCN(C)c1ccc2nnc(C(C)(C)C)n2n1. The molecule has 0 fully saturated rings. The van der Waals surface area contributed by atoms with Gasteiger partial charge in [0.2, 0.25) is 0 Å². The Morgan fingerprint density at radius 3 is 2.63 bits per heavy atom. The van der Waals surface area contributed by atoms with Gasteiger partial charge < -0.3 is 4.90 Å². The quantitative estimate of drug-likeness (QED) is 0.859. The van der Waals surface area contributed by atoms with E-state index < -0.39 is 0 Å². The summed E-state index contributed by atoms with van der Waals surface area (Å²) < 4.78 is 1.85. The molecule has 0 saturated carbocycles. The maximum Gasteiger partial charge on any atom is 0.178 e. The highest BCUT2D eigenvalue weighted by Gasteiger charge is 2.22. The number of hydrogen-bond donors (Lipinski definition) is 0. The van der Waals surface area contributed by atoms with Crippen LogP contribution in [-0.4, -0.2) is 45.4 Å². The van der Waals surface area contributed by atoms with Crippen LogP contribution in [0.1, 0.15) is 26.6 Å². The summed E-state index contributed by atoms with van der Waals surface area (Å²) in [6.45, 7) is 7.34. The van der Waals surface area contributed by atoms with Crippen molar-refractivity contribution in [1.29, 1.82) is 0 Å². The molecule has 2 aromatic heterocycles. The van der Waals surface area contributed by atoms with E-state index in [9.17, 15) is 0 Å². The minimum Gasteiger partial charge on any atom is -0.357 e. The summed E-state index contributed by atoms with van der Waals surface area (Å²) in [5, 5.41) is 13.1. The van der Waals surface area contributed by atoms with E-state index in [1.165, 1.54) is 0 Å². The number of hydrogen-bond acceptors (Lipinski definition) is 5. The fourth-order valence-electron chi connectivity index (χ4n) is 1.79. The van der Waals surface area contributed by atoms with Gasteiger partial charge >= 0.3 is 0 Å². The van der Waals surface area contributed by atoms with Crippen molar-refractivity contribution in [2.45, 2.75) is 26.2 Å². The first-order valence-electron chi connectivity index (χ1n) is 6.36. The van der Waals surface area contributed by atoms with E-state index in [4.69, 9.17) is 0 Å². The second-order valence-corrected chi connectivity index (χ2v) is 6.64. The lowest BCUT2D eigenvalue weighted by atomic mass is 9.96. The van der Waals surface area contributed by atoms with Crippen LogP contribution in [0.15, 0.2) is 12.1 Å². The van der Waals surface area contributed by atoms with E-state index >= 15 is 0 Å². The molecule has 0 aliphatic rings. The lowest BCUT2D eigenvalue weighted by Gasteiger charge is -2.19. The van der Waals surface area contributed by atoms with Gasteiger partial charge in [-0.3, -0.25) is 0 Å². The minimum atomic E-state index is -0.0666. The number of thioether (sulfide) groups is 1. The van der Waals surface area contributed by atoms with Gasteiger partial charge in [0.1, 0.15) is 5.82 Å². The highest BCUT2D eigenvalue weighted by molar-refractivity contribution is 7.98. The third kappa shape index (κ3) is 3.00. The Balaban J connectivity index is 2.38. The van der Waals surface area contributed by atoms with Crippen LogP contribution in [-0.2, 0) is 5.41 Å². The van der Waals surface area contributed by atoms with Gasteiger partial charge in [-0.15, -0.1) is 15.3 Å². The standard InChI is InChI=1S/C13H21N5S/c1-13(2,3)12-15-14-10-6-7-11(16-18(10)12)17(4)8-9-19-5/h6-7H,8-9H2,1-5H3. The zero-order valence-electron chi connectivity index (χ0n) is 12.2. The summed E-state index contributed by atoms with van der Waals surface area (Å²) in [6, 6.07) is 3.97. The Morgan fingerprint density at radius 2 is 2.00 bits per heavy atom. The Labute approximate surface area is 118 Å². The third-order valence-corrected chi connectivity index (χ3v) is 3.53. The molecule has 2 heterocycles. The predicted molar refractivity (Wildman–Crippen MR) is 81.1 cm³/mol. The average Bonchev–Trinajstić information content (AvgIpc) is 2.78. The molecule has 19 heavy (non-hydrogen) atoms. The van der Waals surface area contributed by atoms with Gasteiger partial charge in [-0.1, -0.05) is 20.8 Å². The van der Waals surface area contributed by atoms with E-state index in [2.05, 4.69) is 54.3 Å². The van der Waals surface area contributed by atoms with E-state index in [1.807, 2.05) is 28.4 Å². The predicted octanol–water partition coefficient (Wildman–Crippen LogP) is 2.22. The summed E-state index contributed by atoms with van der Waals surface area (Å²) in [4.78, 5) is 2.16. The molecule has 6 heteroatoms. The highest BCUT2D eigenvalue weighted by atomic mass is 32.2. The van der Waals surface area contributed by atoms with Crippen molar-refractivity contribution < 1.29 is 0 Å². The van der Waals surface area contributed by atoms with Crippen LogP contribution in [0.5, 0.6) is 0 Å². The van der Waals surface area contributed by atoms with E-state index in [1.54, 1.807) is 0 Å². The highest BCUT2D eigenvalue weighted by Crippen LogP contribution is 2.21. The van der Waals surface area contributed by atoms with Gasteiger partial charge in [0.15, 0.2) is 11.5 Å². The first-order chi connectivity index (χ1) is 8.93. The Bertz CT molecular complexity index is 558. The number of aromatic nitrogens is 4. The van der Waals surface area contributed by atoms with Gasteiger partial charge in [-0.2, -0.15) is 16.3 Å². The average molecular weight is 279 g/mol. The molecule has 0 bridgehead atoms. The molecule has 0 amide bonds. The topological polar surface area (TPSA) is 46.3 Å². The molecular formula is C13H21N5S. The Kier molecular flexibility index (Phi) is 3.99. The van der Waals surface area contributed by atoms with Crippen LogP contribution in [0.3, 0.4) is 0 Å². The maximum absolute atomic E-state index is 4.66. The van der Waals surface area contributed by atoms with Crippen LogP contribution in [0.25, 0.3) is 5.65 Å². The number of fused-ring (bicyclic) bond motifs is 1. The molecule has 104 valence electrons. The molecule has 0 aromatic carbocycles. The third-order valence-electron chi connectivity index (χ3n) is 2.94. The number of anilines is 1. The van der Waals surface area contributed by atoms with Gasteiger partial charge in [0.05, 0.1) is 0 Å². The summed E-state index contributed by atoms with van der Waals surface area (Å²) in [5.74, 6) is 2.93. The van der Waals surface area contributed by atoms with E-state index in [0.717, 1.165) is 29.6 Å². The van der Waals surface area contributed by atoms with Crippen LogP contribution in [0.2, 0.25) is 0 Å². The molecule has 0 unspecified atom stereocenters. The summed E-state index contributed by atoms with van der Waals surface area (Å²) in [6.07, 6.45) is 2.11. The van der Waals surface area contributed by atoms with Crippen LogP contribution >= 0.6 is 11.8 Å². The van der Waals surface area contributed by atoms with Crippen LogP contribution in [0, 0.1) is 0 Å². The largest absolute Gasteiger partial charge is 0.357 e. The van der Waals surface area contributed by atoms with E-state index in [-0.39, 0.29) is 5.41 Å². The molecule has 0 spiro atoms. The van der Waals surface area contributed by atoms with Crippen molar-refractivity contribution in [2.24, 2.45) is 0 Å². The van der Waals surface area contributed by atoms with E-state index in [0.29, 0.717) is 0 Å². The fourth-order valence-corrected chi connectivity index (χ4v) is 2.25. The molecule has 0 atom stereocenters. The van der Waals surface area contributed by atoms with Crippen molar-refractivity contribution in [3.8, 4) is 0 Å². The maximum atomic E-state index is 4.66. The smallest absolute Gasteiger partial charge is 0.178 e. The van der Waals surface area contributed by atoms with Gasteiger partial charge in [-0.25, -0.2) is 0 Å². The van der Waals surface area contributed by atoms with Gasteiger partial charge in [0, 0.05) is 24.8 Å². The van der Waals surface area contributed by atoms with Gasteiger partial charge in [-0.05, 0) is 18.4 Å². The molecule has 0 radical (unpaired) electrons. The lowest BCUT2D eigenvalue weighted by Crippen LogP contribution is -2.23. The van der Waals surface area contributed by atoms with Crippen molar-refractivity contribution in [3.05, 3.63) is 18.0 Å². The normalized spacial score (nSPS) is 12.1. The Hall–Kier alpha value is -1.30. The Morgan fingerprint density at radius 1 is 1.26 bits per heavy atom. The monoisotopic (exact) mass is 279 g/mol. The molecule has 0 aliphatic heterocycles. The minimum absolute atomic E-state index is 0.0666. The van der Waals surface area contributed by atoms with Crippen LogP contribution in [0.4, 0.5) is 5.82 Å². The van der Waals surface area contributed by atoms with Crippen molar-refractivity contribution in [3.63, 3.8) is 0 Å². The number of rotatable bonds is 4. The van der Waals surface area contributed by atoms with Crippen LogP contribution < -0.4 is 4.90 Å². The molecule has 2 rings (SSSR count). The molecular weight excluding hydrogens is 258 g/mol. The first-order valence-corrected chi connectivity index (χ1v) is 7.76. The summed E-state index contributed by atoms with van der Waals surface area (Å²) in [7, 11) is 2.06. The lowest BCUT2D eigenvalue weighted by molar-refractivity contribution is 0.526. The number of nitrogens with zero attached hydrogens (tertiary/aromatic N) is 5. The fraction of sp³-hybridized carbons (Fsp3) is 0.615.